The fourth-order valence-electron chi connectivity index (χ4n) is 2.12. The van der Waals surface area contributed by atoms with Crippen LogP contribution in [-0.2, 0) is 14.3 Å². The van der Waals surface area contributed by atoms with Crippen molar-refractivity contribution >= 4 is 11.8 Å². The molecule has 19 heavy (non-hydrogen) atoms. The summed E-state index contributed by atoms with van der Waals surface area (Å²) in [5.74, 6) is 0.262. The number of ether oxygens (including phenoxy) is 1. The van der Waals surface area contributed by atoms with Crippen LogP contribution in [0.25, 0.3) is 0 Å². The lowest BCUT2D eigenvalue weighted by Crippen LogP contribution is -2.53. The number of nitrogens with one attached hydrogen (secondary N) is 3. The maximum absolute atomic E-state index is 12.0. The van der Waals surface area contributed by atoms with Crippen molar-refractivity contribution in [2.24, 2.45) is 5.92 Å². The average Bonchev–Trinajstić information content (AvgIpc) is 2.38. The first-order valence-corrected chi connectivity index (χ1v) is 6.85. The van der Waals surface area contributed by atoms with Gasteiger partial charge >= 0.3 is 0 Å². The Bertz CT molecular complexity index is 310. The van der Waals surface area contributed by atoms with E-state index in [4.69, 9.17) is 4.74 Å². The van der Waals surface area contributed by atoms with Crippen molar-refractivity contribution < 1.29 is 14.3 Å². The number of methoxy groups -OCH3 is 1. The zero-order chi connectivity index (χ0) is 14.3. The molecule has 0 spiro atoms. The van der Waals surface area contributed by atoms with Gasteiger partial charge in [-0.05, 0) is 32.2 Å². The van der Waals surface area contributed by atoms with Crippen LogP contribution in [-0.4, -0.2) is 50.7 Å². The minimum absolute atomic E-state index is 0.0964. The van der Waals surface area contributed by atoms with Crippen molar-refractivity contribution in [3.8, 4) is 0 Å². The van der Waals surface area contributed by atoms with E-state index in [1.165, 1.54) is 0 Å². The molecule has 0 saturated carbocycles. The Morgan fingerprint density at radius 3 is 2.84 bits per heavy atom. The molecule has 0 bridgehead atoms. The maximum Gasteiger partial charge on any atom is 0.242 e. The molecule has 3 atom stereocenters. The molecule has 1 aliphatic rings. The van der Waals surface area contributed by atoms with Crippen molar-refractivity contribution in [1.82, 2.24) is 16.0 Å². The molecule has 6 heteroatoms. The second kappa shape index (κ2) is 8.12. The van der Waals surface area contributed by atoms with E-state index in [2.05, 4.69) is 22.9 Å². The number of hydrogen-bond acceptors (Lipinski definition) is 4. The quantitative estimate of drug-likeness (QED) is 0.577. The van der Waals surface area contributed by atoms with Gasteiger partial charge in [0.2, 0.25) is 11.8 Å². The van der Waals surface area contributed by atoms with Gasteiger partial charge in [-0.3, -0.25) is 9.59 Å². The van der Waals surface area contributed by atoms with E-state index >= 15 is 0 Å². The van der Waals surface area contributed by atoms with Gasteiger partial charge in [-0.15, -0.1) is 0 Å². The first-order valence-electron chi connectivity index (χ1n) is 6.85. The smallest absolute Gasteiger partial charge is 0.242 e. The van der Waals surface area contributed by atoms with Gasteiger partial charge in [0.05, 0.1) is 12.6 Å². The molecular weight excluding hydrogens is 246 g/mol. The van der Waals surface area contributed by atoms with Gasteiger partial charge in [0.15, 0.2) is 0 Å². The van der Waals surface area contributed by atoms with E-state index in [1.807, 2.05) is 0 Å². The highest BCUT2D eigenvalue weighted by Gasteiger charge is 2.26. The second-order valence-electron chi connectivity index (χ2n) is 5.15. The zero-order valence-electron chi connectivity index (χ0n) is 12.0. The van der Waals surface area contributed by atoms with E-state index in [1.54, 1.807) is 14.0 Å². The lowest BCUT2D eigenvalue weighted by Gasteiger charge is -2.28. The first kappa shape index (κ1) is 15.9. The molecule has 0 radical (unpaired) electrons. The Kier molecular flexibility index (Phi) is 6.80. The molecule has 0 aromatic heterocycles. The van der Waals surface area contributed by atoms with Crippen molar-refractivity contribution in [2.75, 3.05) is 26.8 Å². The number of carbonyl (C=O) groups is 2. The summed E-state index contributed by atoms with van der Waals surface area (Å²) in [6.45, 7) is 5.60. The minimum Gasteiger partial charge on any atom is -0.383 e. The van der Waals surface area contributed by atoms with Crippen LogP contribution < -0.4 is 16.0 Å². The van der Waals surface area contributed by atoms with Gasteiger partial charge in [-0.25, -0.2) is 0 Å². The third-order valence-corrected chi connectivity index (χ3v) is 3.34. The van der Waals surface area contributed by atoms with Crippen molar-refractivity contribution in [3.63, 3.8) is 0 Å². The Hall–Kier alpha value is -1.14. The Labute approximate surface area is 114 Å². The Balaban J connectivity index is 2.32. The lowest BCUT2D eigenvalue weighted by molar-refractivity contribution is -0.130. The van der Waals surface area contributed by atoms with Crippen molar-refractivity contribution in [2.45, 2.75) is 38.8 Å². The molecular formula is C13H25N3O3. The first-order chi connectivity index (χ1) is 9.04. The third-order valence-electron chi connectivity index (χ3n) is 3.34. The number of piperidine rings is 1. The largest absolute Gasteiger partial charge is 0.383 e. The molecule has 1 fully saturated rings. The molecule has 1 aliphatic heterocycles. The molecule has 1 heterocycles. The SMILES string of the molecule is COCCNC(=O)C(C)NC(=O)C1CC(C)CCN1. The fraction of sp³-hybridized carbons (Fsp3) is 0.846. The van der Waals surface area contributed by atoms with Crippen LogP contribution in [0.15, 0.2) is 0 Å². The monoisotopic (exact) mass is 271 g/mol. The summed E-state index contributed by atoms with van der Waals surface area (Å²) in [6.07, 6.45) is 1.92. The number of amides is 2. The van der Waals surface area contributed by atoms with E-state index in [9.17, 15) is 9.59 Å². The van der Waals surface area contributed by atoms with Crippen LogP contribution in [0.3, 0.4) is 0 Å². The van der Waals surface area contributed by atoms with E-state index < -0.39 is 6.04 Å². The predicted molar refractivity (Wildman–Crippen MR) is 72.7 cm³/mol. The Morgan fingerprint density at radius 2 is 2.21 bits per heavy atom. The summed E-state index contributed by atoms with van der Waals surface area (Å²) in [5.41, 5.74) is 0. The second-order valence-corrected chi connectivity index (χ2v) is 5.15. The van der Waals surface area contributed by atoms with Gasteiger partial charge in [-0.1, -0.05) is 6.92 Å². The molecule has 3 unspecified atom stereocenters. The molecule has 110 valence electrons. The van der Waals surface area contributed by atoms with E-state index in [-0.39, 0.29) is 17.9 Å². The molecule has 2 amide bonds. The van der Waals surface area contributed by atoms with Gasteiger partial charge in [0.1, 0.15) is 6.04 Å². The zero-order valence-corrected chi connectivity index (χ0v) is 12.0. The highest BCUT2D eigenvalue weighted by molar-refractivity contribution is 5.89. The summed E-state index contributed by atoms with van der Waals surface area (Å²) in [6, 6.07) is -0.707. The molecule has 3 N–H and O–H groups in total. The predicted octanol–water partition coefficient (Wildman–Crippen LogP) is -0.358. The van der Waals surface area contributed by atoms with Crippen LogP contribution in [0.5, 0.6) is 0 Å². The van der Waals surface area contributed by atoms with Crippen LogP contribution in [0.4, 0.5) is 0 Å². The normalized spacial score (nSPS) is 24.6. The van der Waals surface area contributed by atoms with Gasteiger partial charge < -0.3 is 20.7 Å². The summed E-state index contributed by atoms with van der Waals surface area (Å²) in [5, 5.41) is 8.63. The summed E-state index contributed by atoms with van der Waals surface area (Å²) < 4.78 is 4.85. The lowest BCUT2D eigenvalue weighted by atomic mass is 9.94. The summed E-state index contributed by atoms with van der Waals surface area (Å²) in [4.78, 5) is 23.7. The maximum atomic E-state index is 12.0. The molecule has 0 aliphatic carbocycles. The van der Waals surface area contributed by atoms with Crippen LogP contribution in [0.2, 0.25) is 0 Å². The van der Waals surface area contributed by atoms with Crippen LogP contribution >= 0.6 is 0 Å². The number of hydrogen-bond donors (Lipinski definition) is 3. The van der Waals surface area contributed by atoms with Gasteiger partial charge in [0.25, 0.3) is 0 Å². The molecule has 0 aromatic rings. The Morgan fingerprint density at radius 1 is 1.47 bits per heavy atom. The summed E-state index contributed by atoms with van der Waals surface area (Å²) in [7, 11) is 1.58. The highest BCUT2D eigenvalue weighted by Crippen LogP contribution is 2.14. The molecule has 6 nitrogen and oxygen atoms in total. The average molecular weight is 271 g/mol. The van der Waals surface area contributed by atoms with Crippen molar-refractivity contribution in [3.05, 3.63) is 0 Å². The standard InChI is InChI=1S/C13H25N3O3/c1-9-4-5-14-11(8-9)13(18)16-10(2)12(17)15-6-7-19-3/h9-11,14H,4-8H2,1-3H3,(H,15,17)(H,16,18). The number of carbonyl (C=O) groups excluding carboxylic acids is 2. The van der Waals surface area contributed by atoms with Crippen molar-refractivity contribution in [1.29, 1.82) is 0 Å². The van der Waals surface area contributed by atoms with Gasteiger partial charge in [-0.2, -0.15) is 0 Å². The van der Waals surface area contributed by atoms with Crippen LogP contribution in [0.1, 0.15) is 26.7 Å². The highest BCUT2D eigenvalue weighted by atomic mass is 16.5. The molecule has 0 aromatic carbocycles. The molecule has 1 saturated heterocycles. The fourth-order valence-corrected chi connectivity index (χ4v) is 2.12. The minimum atomic E-state index is -0.525. The number of rotatable bonds is 6. The van der Waals surface area contributed by atoms with Crippen LogP contribution in [0, 0.1) is 5.92 Å². The summed E-state index contributed by atoms with van der Waals surface area (Å²) >= 11 is 0. The van der Waals surface area contributed by atoms with E-state index in [0.717, 1.165) is 19.4 Å². The van der Waals surface area contributed by atoms with Gasteiger partial charge in [0, 0.05) is 13.7 Å². The third kappa shape index (κ3) is 5.57. The topological polar surface area (TPSA) is 79.5 Å². The van der Waals surface area contributed by atoms with E-state index in [0.29, 0.717) is 19.1 Å². The molecule has 1 rings (SSSR count).